The maximum atomic E-state index is 12.6. The summed E-state index contributed by atoms with van der Waals surface area (Å²) in [5.74, 6) is 4.08. The van der Waals surface area contributed by atoms with E-state index in [1.807, 2.05) is 30.3 Å². The van der Waals surface area contributed by atoms with Gasteiger partial charge in [-0.15, -0.1) is 0 Å². The maximum absolute atomic E-state index is 12.6. The second-order valence-electron chi connectivity index (χ2n) is 7.65. The fourth-order valence-electron chi connectivity index (χ4n) is 3.02. The van der Waals surface area contributed by atoms with Gasteiger partial charge < -0.3 is 15.3 Å². The van der Waals surface area contributed by atoms with Crippen LogP contribution in [0.2, 0.25) is 0 Å². The molecule has 2 aromatic carbocycles. The molecule has 9 nitrogen and oxygen atoms in total. The Morgan fingerprint density at radius 3 is 2.42 bits per heavy atom. The lowest BCUT2D eigenvalue weighted by Gasteiger charge is -2.29. The Morgan fingerprint density at radius 2 is 1.87 bits per heavy atom. The predicted octanol–water partition coefficient (Wildman–Crippen LogP) is 3.27. The predicted molar refractivity (Wildman–Crippen MR) is 118 cm³/mol. The average molecular weight is 428 g/mol. The Bertz CT molecular complexity index is 925. The van der Waals surface area contributed by atoms with Gasteiger partial charge in [0.1, 0.15) is 11.9 Å². The van der Waals surface area contributed by atoms with Crippen molar-refractivity contribution in [1.29, 1.82) is 0 Å². The summed E-state index contributed by atoms with van der Waals surface area (Å²) < 4.78 is 5.30. The first-order valence-corrected chi connectivity index (χ1v) is 9.63. The molecule has 1 amide bonds. The topological polar surface area (TPSA) is 126 Å². The molecule has 0 bridgehead atoms. The summed E-state index contributed by atoms with van der Waals surface area (Å²) in [6, 6.07) is 13.4. The zero-order valence-electron chi connectivity index (χ0n) is 18.0. The number of aliphatic imine (C=N–C) groups is 1. The van der Waals surface area contributed by atoms with Crippen molar-refractivity contribution in [3.8, 4) is 11.1 Å². The van der Waals surface area contributed by atoms with Crippen LogP contribution in [0.25, 0.3) is 11.1 Å². The van der Waals surface area contributed by atoms with Gasteiger partial charge in [-0.3, -0.25) is 4.84 Å². The highest BCUT2D eigenvalue weighted by atomic mass is 16.7. The summed E-state index contributed by atoms with van der Waals surface area (Å²) >= 11 is 0. The molecular weight excluding hydrogens is 400 g/mol. The third kappa shape index (κ3) is 6.53. The zero-order chi connectivity index (χ0) is 23.0. The number of ether oxygens (including phenoxy) is 1. The summed E-state index contributed by atoms with van der Waals surface area (Å²) in [7, 11) is 1.23. The molecule has 0 heterocycles. The van der Waals surface area contributed by atoms with Gasteiger partial charge in [0.05, 0.1) is 12.8 Å². The molecule has 166 valence electrons. The summed E-state index contributed by atoms with van der Waals surface area (Å²) in [6.07, 6.45) is 0.416. The SMILES string of the molecule is CON(C(=O)OC(C)(C)C)C(Cc1cccc(N=CNN)c1-c1ccccc1)C(=O)O. The highest BCUT2D eigenvalue weighted by Crippen LogP contribution is 2.34. The van der Waals surface area contributed by atoms with E-state index in [1.54, 1.807) is 39.0 Å². The van der Waals surface area contributed by atoms with E-state index in [-0.39, 0.29) is 6.42 Å². The van der Waals surface area contributed by atoms with Crippen molar-refractivity contribution >= 4 is 24.1 Å². The highest BCUT2D eigenvalue weighted by molar-refractivity contribution is 5.84. The summed E-state index contributed by atoms with van der Waals surface area (Å²) in [5.41, 5.74) is 4.37. The molecule has 0 spiro atoms. The smallest absolute Gasteiger partial charge is 0.435 e. The monoisotopic (exact) mass is 428 g/mol. The molecule has 0 saturated heterocycles. The lowest BCUT2D eigenvalue weighted by molar-refractivity contribution is -0.175. The first-order chi connectivity index (χ1) is 14.7. The average Bonchev–Trinajstić information content (AvgIpc) is 2.71. The molecule has 31 heavy (non-hydrogen) atoms. The summed E-state index contributed by atoms with van der Waals surface area (Å²) in [5, 5.41) is 10.6. The molecule has 0 aliphatic rings. The van der Waals surface area contributed by atoms with E-state index in [1.165, 1.54) is 13.4 Å². The number of hydrogen-bond acceptors (Lipinski definition) is 6. The fourth-order valence-corrected chi connectivity index (χ4v) is 3.02. The minimum absolute atomic E-state index is 0.0357. The molecule has 0 fully saturated rings. The van der Waals surface area contributed by atoms with Crippen molar-refractivity contribution in [3.05, 3.63) is 54.1 Å². The molecule has 1 unspecified atom stereocenters. The maximum Gasteiger partial charge on any atom is 0.435 e. The number of amides is 1. The second kappa shape index (κ2) is 10.6. The number of carboxylic acids is 1. The van der Waals surface area contributed by atoms with E-state index in [4.69, 9.17) is 15.4 Å². The van der Waals surface area contributed by atoms with Crippen LogP contribution in [0.1, 0.15) is 26.3 Å². The van der Waals surface area contributed by atoms with E-state index in [0.29, 0.717) is 11.3 Å². The first kappa shape index (κ1) is 23.8. The number of carbonyl (C=O) groups is 2. The lowest BCUT2D eigenvalue weighted by Crippen LogP contribution is -2.47. The Kier molecular flexibility index (Phi) is 8.12. The highest BCUT2D eigenvalue weighted by Gasteiger charge is 2.34. The Labute approximate surface area is 181 Å². The zero-order valence-corrected chi connectivity index (χ0v) is 18.0. The number of benzene rings is 2. The number of aliphatic carboxylic acids is 1. The van der Waals surface area contributed by atoms with Crippen molar-refractivity contribution in [2.45, 2.75) is 38.8 Å². The number of carboxylic acid groups (broad SMARTS) is 1. The number of nitrogens with zero attached hydrogens (tertiary/aromatic N) is 2. The van der Waals surface area contributed by atoms with Gasteiger partial charge in [-0.2, -0.15) is 5.06 Å². The van der Waals surface area contributed by atoms with Gasteiger partial charge in [0.15, 0.2) is 6.04 Å². The number of hydrogen-bond donors (Lipinski definition) is 3. The Hall–Kier alpha value is -3.43. The van der Waals surface area contributed by atoms with E-state index in [0.717, 1.165) is 16.2 Å². The van der Waals surface area contributed by atoms with Crippen molar-refractivity contribution in [2.24, 2.45) is 10.8 Å². The molecule has 4 N–H and O–H groups in total. The van der Waals surface area contributed by atoms with Gasteiger partial charge in [-0.1, -0.05) is 42.5 Å². The van der Waals surface area contributed by atoms with Crippen LogP contribution in [0.3, 0.4) is 0 Å². The second-order valence-corrected chi connectivity index (χ2v) is 7.65. The van der Waals surface area contributed by atoms with Crippen LogP contribution < -0.4 is 11.3 Å². The molecule has 2 rings (SSSR count). The molecule has 1 atom stereocenters. The number of carbonyl (C=O) groups excluding carboxylic acids is 1. The molecule has 0 aliphatic heterocycles. The molecule has 0 aromatic heterocycles. The Balaban J connectivity index is 2.51. The summed E-state index contributed by atoms with van der Waals surface area (Å²) in [6.45, 7) is 5.07. The van der Waals surface area contributed by atoms with E-state index in [2.05, 4.69) is 10.4 Å². The van der Waals surface area contributed by atoms with Crippen LogP contribution in [0.5, 0.6) is 0 Å². The number of hydrazine groups is 1. The molecular formula is C22H28N4O5. The molecule has 0 aliphatic carbocycles. The normalized spacial score (nSPS) is 12.4. The van der Waals surface area contributed by atoms with Crippen molar-refractivity contribution in [3.63, 3.8) is 0 Å². The largest absolute Gasteiger partial charge is 0.480 e. The standard InChI is InChI=1S/C22H28N4O5/c1-22(2,3)31-21(29)26(30-4)18(20(27)28)13-16-11-8-12-17(24-14-25-23)19(16)15-9-6-5-7-10-15/h5-12,14,18H,13,23H2,1-4H3,(H,24,25)(H,27,28). The minimum atomic E-state index is -1.32. The minimum Gasteiger partial charge on any atom is -0.480 e. The summed E-state index contributed by atoms with van der Waals surface area (Å²) in [4.78, 5) is 34.1. The number of hydroxylamine groups is 2. The quantitative estimate of drug-likeness (QED) is 0.255. The van der Waals surface area contributed by atoms with Crippen LogP contribution in [0, 0.1) is 0 Å². The van der Waals surface area contributed by atoms with Gasteiger partial charge in [0.2, 0.25) is 0 Å². The number of nitrogens with one attached hydrogen (secondary N) is 1. The molecule has 0 radical (unpaired) electrons. The van der Waals surface area contributed by atoms with Gasteiger partial charge in [-0.05, 0) is 38.0 Å². The Morgan fingerprint density at radius 1 is 1.19 bits per heavy atom. The molecule has 2 aromatic rings. The number of rotatable bonds is 8. The van der Waals surface area contributed by atoms with E-state index >= 15 is 0 Å². The van der Waals surface area contributed by atoms with Crippen LogP contribution in [-0.4, -0.2) is 47.3 Å². The number of nitrogens with two attached hydrogens (primary N) is 1. The fraction of sp³-hybridized carbons (Fsp3) is 0.318. The van der Waals surface area contributed by atoms with Crippen LogP contribution in [-0.2, 0) is 20.8 Å². The van der Waals surface area contributed by atoms with Gasteiger partial charge in [-0.25, -0.2) is 20.4 Å². The molecule has 0 saturated carbocycles. The third-order valence-electron chi connectivity index (χ3n) is 4.22. The van der Waals surface area contributed by atoms with Gasteiger partial charge in [0, 0.05) is 12.0 Å². The van der Waals surface area contributed by atoms with Crippen molar-refractivity contribution in [1.82, 2.24) is 10.5 Å². The van der Waals surface area contributed by atoms with Crippen molar-refractivity contribution in [2.75, 3.05) is 7.11 Å². The molecule has 9 heteroatoms. The van der Waals surface area contributed by atoms with Crippen LogP contribution in [0.15, 0.2) is 53.5 Å². The first-order valence-electron chi connectivity index (χ1n) is 9.63. The van der Waals surface area contributed by atoms with Crippen LogP contribution in [0.4, 0.5) is 10.5 Å². The van der Waals surface area contributed by atoms with Gasteiger partial charge >= 0.3 is 12.1 Å². The lowest BCUT2D eigenvalue weighted by atomic mass is 9.93. The van der Waals surface area contributed by atoms with E-state index in [9.17, 15) is 14.7 Å². The van der Waals surface area contributed by atoms with Crippen LogP contribution >= 0.6 is 0 Å². The third-order valence-corrected chi connectivity index (χ3v) is 4.22. The van der Waals surface area contributed by atoms with Gasteiger partial charge in [0.25, 0.3) is 0 Å². The van der Waals surface area contributed by atoms with E-state index < -0.39 is 23.7 Å². The van der Waals surface area contributed by atoms with Crippen molar-refractivity contribution < 1.29 is 24.3 Å².